The van der Waals surface area contributed by atoms with Crippen molar-refractivity contribution in [1.82, 2.24) is 0 Å². The molecule has 10 heteroatoms. The smallest absolute Gasteiger partial charge is 0 e. The fourth-order valence-electron chi connectivity index (χ4n) is 0.751. The number of aryl methyl sites for hydroxylation is 2. The number of hydrogen-bond donors (Lipinski definition) is 0. The van der Waals surface area contributed by atoms with E-state index in [1.165, 1.54) is 14.7 Å². The Morgan fingerprint density at radius 3 is 1.17 bits per heavy atom. The number of benzene rings is 1. The van der Waals surface area contributed by atoms with Gasteiger partial charge in [-0.15, -0.1) is 15.9 Å². The van der Waals surface area contributed by atoms with Gasteiger partial charge in [-0.05, 0) is 0 Å². The molecule has 0 unspecified atom stereocenters. The molecule has 0 bridgehead atoms. The molecule has 0 amide bonds. The maximum atomic E-state index is 3.33. The van der Waals surface area contributed by atoms with Crippen LogP contribution in [0.1, 0.15) is 11.1 Å². The van der Waals surface area contributed by atoms with E-state index in [4.69, 9.17) is 0 Å². The van der Waals surface area contributed by atoms with Crippen LogP contribution in [0.2, 0.25) is 0 Å². The van der Waals surface area contributed by atoms with Crippen molar-refractivity contribution < 1.29 is 262 Å². The average Bonchev–Trinajstić information content (AvgIpc) is 1.82. The molecule has 78 valence electrons. The fourth-order valence-corrected chi connectivity index (χ4v) is 1.62. The first kappa shape index (κ1) is 50.7. The second-order valence-electron chi connectivity index (χ2n) is 2.13. The van der Waals surface area contributed by atoms with Crippen molar-refractivity contribution >= 4 is 38.5 Å². The third-order valence-electron chi connectivity index (χ3n) is 1.25. The average molecular weight is 1020 g/mol. The first-order chi connectivity index (χ1) is 4.61. The first-order valence-electron chi connectivity index (χ1n) is 2.88. The van der Waals surface area contributed by atoms with Crippen molar-refractivity contribution in [2.24, 2.45) is 0 Å². The molecule has 0 aliphatic heterocycles. The van der Waals surface area contributed by atoms with Crippen LogP contribution in [0.5, 0.6) is 0 Å². The molecule has 18 heavy (non-hydrogen) atoms. The largest absolute Gasteiger partial charge is 0.340 e. The molecule has 0 N–H and O–H groups in total. The summed E-state index contributed by atoms with van der Waals surface area (Å²) in [6.07, 6.45) is 0. The Hall–Kier alpha value is 9.26. The first-order valence-corrected chi connectivity index (χ1v) is 4.75. The molecule has 0 heterocycles. The quantitative estimate of drug-likeness (QED) is 0.277. The molecule has 0 aromatic heterocycles. The van der Waals surface area contributed by atoms with Crippen LogP contribution < -0.4 is 0 Å². The van der Waals surface area contributed by atoms with Gasteiger partial charge in [-0.3, -0.25) is 11.1 Å². The molecule has 0 aliphatic carbocycles. The van der Waals surface area contributed by atoms with Crippen LogP contribution in [0.15, 0.2) is 4.47 Å². The predicted octanol–water partition coefficient (Wildman–Crippen LogP) is 3.25. The van der Waals surface area contributed by atoms with E-state index in [9.17, 15) is 0 Å². The number of hydrogen-bond acceptors (Lipinski definition) is 0. The molecule has 1 rings (SSSR count). The summed E-state index contributed by atoms with van der Waals surface area (Å²) in [5.74, 6) is 0. The summed E-state index contributed by atoms with van der Waals surface area (Å²) < 4.78 is 2.17. The van der Waals surface area contributed by atoms with Crippen LogP contribution in [0.4, 0.5) is 0 Å². The Balaban J connectivity index is -0.0000000208. The zero-order chi connectivity index (χ0) is 7.72. The summed E-state index contributed by atoms with van der Waals surface area (Å²) in [6, 6.07) is 6.27. The summed E-state index contributed by atoms with van der Waals surface area (Å²) in [4.78, 5) is 0. The molecular formula is C8H6BrIY8-2. The molecule has 0 nitrogen and oxygen atoms in total. The van der Waals surface area contributed by atoms with E-state index in [2.05, 4.69) is 50.7 Å². The van der Waals surface area contributed by atoms with E-state index in [-0.39, 0.29) is 262 Å². The monoisotopic (exact) mass is 1020 g/mol. The van der Waals surface area contributed by atoms with Gasteiger partial charge in [0.2, 0.25) is 0 Å². The molecule has 0 saturated heterocycles. The van der Waals surface area contributed by atoms with Gasteiger partial charge in [0.15, 0.2) is 0 Å². The standard InChI is InChI=1S/C8H6BrI.8Y/c1-5-3-7(9)4-6(2)8(5)10;;;;;;;;/h1-2H3;;;;;;;;/q-2;;;;;;;;. The Kier molecular flexibility index (Phi) is 87.2. The van der Waals surface area contributed by atoms with Gasteiger partial charge in [0.25, 0.3) is 0 Å². The summed E-state index contributed by atoms with van der Waals surface area (Å²) in [7, 11) is 0. The van der Waals surface area contributed by atoms with E-state index in [0.29, 0.717) is 0 Å². The summed E-state index contributed by atoms with van der Waals surface area (Å²) >= 11 is 5.63. The van der Waals surface area contributed by atoms with Crippen LogP contribution >= 0.6 is 38.5 Å². The molecule has 0 fully saturated rings. The van der Waals surface area contributed by atoms with E-state index in [1.54, 1.807) is 0 Å². The van der Waals surface area contributed by atoms with Gasteiger partial charge in [0.05, 0.1) is 0 Å². The molecule has 1 aromatic carbocycles. The fraction of sp³-hybridized carbons (Fsp3) is 0.250. The van der Waals surface area contributed by atoms with Crippen molar-refractivity contribution in [3.63, 3.8) is 0 Å². The van der Waals surface area contributed by atoms with Crippen molar-refractivity contribution in [3.05, 3.63) is 31.3 Å². The van der Waals surface area contributed by atoms with Crippen LogP contribution in [0.3, 0.4) is 0 Å². The molecular weight excluding hydrogens is 1010 g/mol. The van der Waals surface area contributed by atoms with Gasteiger partial charge < -0.3 is 12.1 Å². The van der Waals surface area contributed by atoms with Crippen LogP contribution in [0.25, 0.3) is 0 Å². The van der Waals surface area contributed by atoms with Gasteiger partial charge >= 0.3 is 0 Å². The summed E-state index contributed by atoms with van der Waals surface area (Å²) in [6.45, 7) is 4.10. The predicted molar refractivity (Wildman–Crippen MR) is 54.0 cm³/mol. The van der Waals surface area contributed by atoms with Crippen molar-refractivity contribution in [1.29, 1.82) is 0 Å². The molecule has 0 atom stereocenters. The van der Waals surface area contributed by atoms with Crippen molar-refractivity contribution in [3.8, 4) is 0 Å². The molecule has 1 aromatic rings. The van der Waals surface area contributed by atoms with E-state index in [1.807, 2.05) is 13.8 Å². The topological polar surface area (TPSA) is 0 Å². The van der Waals surface area contributed by atoms with Gasteiger partial charge in [0.1, 0.15) is 0 Å². The van der Waals surface area contributed by atoms with Gasteiger partial charge in [-0.25, -0.2) is 30.6 Å². The third-order valence-corrected chi connectivity index (χ3v) is 3.27. The van der Waals surface area contributed by atoms with Crippen LogP contribution in [-0.2, 0) is 262 Å². The summed E-state index contributed by atoms with van der Waals surface area (Å²) in [5.41, 5.74) is 2.37. The third kappa shape index (κ3) is 23.3. The molecule has 8 radical (unpaired) electrons. The maximum absolute atomic E-state index is 3.33. The zero-order valence-electron chi connectivity index (χ0n) is 10.4. The second kappa shape index (κ2) is 31.0. The Morgan fingerprint density at radius 2 is 0.944 bits per heavy atom. The molecule has 0 saturated carbocycles. The minimum absolute atomic E-state index is 0. The van der Waals surface area contributed by atoms with Gasteiger partial charge in [-0.1, -0.05) is 13.8 Å². The van der Waals surface area contributed by atoms with Crippen LogP contribution in [0, 0.1) is 29.6 Å². The van der Waals surface area contributed by atoms with Crippen molar-refractivity contribution in [2.45, 2.75) is 13.8 Å². The van der Waals surface area contributed by atoms with Crippen LogP contribution in [-0.4, -0.2) is 0 Å². The van der Waals surface area contributed by atoms with E-state index >= 15 is 0 Å². The van der Waals surface area contributed by atoms with Gasteiger partial charge in [-0.2, -0.15) is 0 Å². The second-order valence-corrected chi connectivity index (χ2v) is 4.00. The van der Waals surface area contributed by atoms with E-state index in [0.717, 1.165) is 4.47 Å². The van der Waals surface area contributed by atoms with Gasteiger partial charge in [0, 0.05) is 262 Å². The molecule has 0 spiro atoms. The number of rotatable bonds is 0. The Labute approximate surface area is 334 Å². The Bertz CT molecular complexity index is 250. The minimum Gasteiger partial charge on any atom is -0.340 e. The maximum Gasteiger partial charge on any atom is 0 e. The normalized spacial score (nSPS) is 5.56. The summed E-state index contributed by atoms with van der Waals surface area (Å²) in [5, 5.41) is 0. The Morgan fingerprint density at radius 1 is 0.722 bits per heavy atom. The SMILES string of the molecule is Cc1[c-]c(Br)[c-]c(C)c1I.[Y].[Y].[Y].[Y].[Y].[Y].[Y].[Y]. The minimum atomic E-state index is 0. The zero-order valence-corrected chi connectivity index (χ0v) is 36.8. The van der Waals surface area contributed by atoms with Crippen molar-refractivity contribution in [2.75, 3.05) is 0 Å². The molecule has 0 aliphatic rings. The number of halogens is 2. The van der Waals surface area contributed by atoms with E-state index < -0.39 is 0 Å².